The Labute approximate surface area is 234 Å². The number of carbonyl (C=O) groups excluding carboxylic acids is 2. The third-order valence-electron chi connectivity index (χ3n) is 7.95. The number of ether oxygens (including phenoxy) is 1. The van der Waals surface area contributed by atoms with Crippen LogP contribution in [0.25, 0.3) is 0 Å². The van der Waals surface area contributed by atoms with E-state index in [1.54, 1.807) is 50.9 Å². The fraction of sp³-hybridized carbons (Fsp3) is 0.517. The number of amides is 3. The van der Waals surface area contributed by atoms with Gasteiger partial charge in [-0.3, -0.25) is 0 Å². The van der Waals surface area contributed by atoms with Crippen molar-refractivity contribution in [3.05, 3.63) is 70.8 Å². The minimum atomic E-state index is -5.01. The lowest BCUT2D eigenvalue weighted by molar-refractivity contribution is -0.143. The van der Waals surface area contributed by atoms with Crippen molar-refractivity contribution in [1.29, 1.82) is 0 Å². The molecule has 1 saturated heterocycles. The van der Waals surface area contributed by atoms with Crippen molar-refractivity contribution in [3.63, 3.8) is 0 Å². The smallest absolute Gasteiger partial charge is 0.416 e. The van der Waals surface area contributed by atoms with Crippen molar-refractivity contribution in [2.75, 3.05) is 20.6 Å². The minimum absolute atomic E-state index is 0.0632. The first kappa shape index (κ1) is 30.5. The standard InChI is InChI=1S/C29H33F6N3O3/c1-17(19-12-20(28(30,31)32)14-21(13-19)29(33,34)35)36(5)24(39)38-16-22-15-27(22,23(38)18-10-8-7-9-11-18)37(6)25(40)41-26(2,3)4/h7-14,17,22-23H,15-16H2,1-6H3/t17-,22?,23-,27-/m0/s1. The van der Waals surface area contributed by atoms with Crippen molar-refractivity contribution < 1.29 is 40.7 Å². The van der Waals surface area contributed by atoms with Gasteiger partial charge in [0.05, 0.1) is 28.7 Å². The maximum absolute atomic E-state index is 13.9. The van der Waals surface area contributed by atoms with Crippen LogP contribution in [-0.2, 0) is 17.1 Å². The summed E-state index contributed by atoms with van der Waals surface area (Å²) in [6.45, 7) is 6.86. The molecule has 2 aromatic carbocycles. The van der Waals surface area contributed by atoms with E-state index in [2.05, 4.69) is 0 Å². The van der Waals surface area contributed by atoms with Crippen LogP contribution in [0.2, 0.25) is 0 Å². The summed E-state index contributed by atoms with van der Waals surface area (Å²) in [5, 5.41) is 0. The molecular formula is C29H33F6N3O3. The van der Waals surface area contributed by atoms with E-state index in [4.69, 9.17) is 4.74 Å². The molecule has 1 aliphatic heterocycles. The molecule has 4 atom stereocenters. The van der Waals surface area contributed by atoms with E-state index in [9.17, 15) is 35.9 Å². The van der Waals surface area contributed by atoms with E-state index >= 15 is 0 Å². The maximum Gasteiger partial charge on any atom is 0.416 e. The normalized spacial score (nSPS) is 23.1. The van der Waals surface area contributed by atoms with E-state index in [0.717, 1.165) is 10.5 Å². The zero-order valence-electron chi connectivity index (χ0n) is 23.6. The zero-order valence-corrected chi connectivity index (χ0v) is 23.6. The summed E-state index contributed by atoms with van der Waals surface area (Å²) >= 11 is 0. The van der Waals surface area contributed by atoms with Crippen molar-refractivity contribution in [2.24, 2.45) is 5.92 Å². The lowest BCUT2D eigenvalue weighted by Gasteiger charge is -2.40. The first-order chi connectivity index (χ1) is 18.8. The van der Waals surface area contributed by atoms with Crippen LogP contribution >= 0.6 is 0 Å². The molecule has 2 aromatic rings. The number of carbonyl (C=O) groups is 2. The molecule has 0 N–H and O–H groups in total. The molecule has 6 nitrogen and oxygen atoms in total. The largest absolute Gasteiger partial charge is 0.444 e. The van der Waals surface area contributed by atoms with Gasteiger partial charge in [0.15, 0.2) is 0 Å². The van der Waals surface area contributed by atoms with Crippen LogP contribution in [0.5, 0.6) is 0 Å². The molecule has 12 heteroatoms. The van der Waals surface area contributed by atoms with Gasteiger partial charge in [0.2, 0.25) is 0 Å². The van der Waals surface area contributed by atoms with Gasteiger partial charge in [-0.2, -0.15) is 26.3 Å². The van der Waals surface area contributed by atoms with Gasteiger partial charge in [-0.15, -0.1) is 0 Å². The molecule has 3 amide bonds. The first-order valence-electron chi connectivity index (χ1n) is 13.1. The van der Waals surface area contributed by atoms with Crippen molar-refractivity contribution in [1.82, 2.24) is 14.7 Å². The quantitative estimate of drug-likeness (QED) is 0.349. The number of hydrogen-bond donors (Lipinski definition) is 0. The third-order valence-corrected chi connectivity index (χ3v) is 7.95. The molecule has 0 radical (unpaired) electrons. The van der Waals surface area contributed by atoms with Gasteiger partial charge in [-0.05, 0) is 63.4 Å². The molecule has 0 bridgehead atoms. The van der Waals surface area contributed by atoms with Crippen molar-refractivity contribution in [3.8, 4) is 0 Å². The summed E-state index contributed by atoms with van der Waals surface area (Å²) in [5.74, 6) is -0.0942. The average molecular weight is 586 g/mol. The van der Waals surface area contributed by atoms with Crippen LogP contribution in [0, 0.1) is 5.92 Å². The Hall–Kier alpha value is -3.44. The van der Waals surface area contributed by atoms with Gasteiger partial charge in [0.1, 0.15) is 5.60 Å². The fourth-order valence-corrected chi connectivity index (χ4v) is 5.71. The highest BCUT2D eigenvalue weighted by Crippen LogP contribution is 2.63. The number of nitrogens with zero attached hydrogens (tertiary/aromatic N) is 3. The van der Waals surface area contributed by atoms with E-state index in [-0.39, 0.29) is 24.1 Å². The Morgan fingerprint density at radius 2 is 1.49 bits per heavy atom. The first-order valence-corrected chi connectivity index (χ1v) is 13.1. The number of rotatable bonds is 4. The highest BCUT2D eigenvalue weighted by atomic mass is 19.4. The summed E-state index contributed by atoms with van der Waals surface area (Å²) in [5.41, 5.74) is -3.98. The minimum Gasteiger partial charge on any atom is -0.444 e. The van der Waals surface area contributed by atoms with Gasteiger partial charge < -0.3 is 19.4 Å². The van der Waals surface area contributed by atoms with E-state index in [1.807, 2.05) is 12.1 Å². The number of benzene rings is 2. The molecule has 41 heavy (non-hydrogen) atoms. The number of likely N-dealkylation sites (N-methyl/N-ethyl adjacent to an activating group) is 1. The summed E-state index contributed by atoms with van der Waals surface area (Å²) < 4.78 is 86.5. The number of alkyl halides is 6. The molecule has 1 unspecified atom stereocenters. The number of fused-ring (bicyclic) bond motifs is 1. The van der Waals surface area contributed by atoms with Crippen LogP contribution in [-0.4, -0.2) is 58.6 Å². The number of piperidine rings is 1. The van der Waals surface area contributed by atoms with Gasteiger partial charge in [-0.25, -0.2) is 9.59 Å². The Kier molecular flexibility index (Phi) is 7.54. The monoisotopic (exact) mass is 585 g/mol. The molecular weight excluding hydrogens is 552 g/mol. The molecule has 224 valence electrons. The Morgan fingerprint density at radius 3 is 1.98 bits per heavy atom. The SMILES string of the molecule is C[C@@H](c1cc(C(F)(F)F)cc(C(F)(F)F)c1)N(C)C(=O)N1CC2C[C@@]2(N(C)C(=O)OC(C)(C)C)[C@@H]1c1ccccc1. The predicted octanol–water partition coefficient (Wildman–Crippen LogP) is 7.52. The van der Waals surface area contributed by atoms with E-state index in [1.165, 1.54) is 18.9 Å². The van der Waals surface area contributed by atoms with Crippen molar-refractivity contribution in [2.45, 2.75) is 69.7 Å². The second-order valence-electron chi connectivity index (χ2n) is 11.8. The molecule has 1 heterocycles. The van der Waals surface area contributed by atoms with Crippen molar-refractivity contribution >= 4 is 12.1 Å². The topological polar surface area (TPSA) is 53.1 Å². The second-order valence-corrected chi connectivity index (χ2v) is 11.8. The lowest BCUT2D eigenvalue weighted by atomic mass is 9.96. The van der Waals surface area contributed by atoms with Crippen LogP contribution in [0.3, 0.4) is 0 Å². The van der Waals surface area contributed by atoms with E-state index < -0.39 is 58.8 Å². The summed E-state index contributed by atoms with van der Waals surface area (Å²) in [6.07, 6.45) is -9.97. The highest BCUT2D eigenvalue weighted by molar-refractivity contribution is 5.78. The summed E-state index contributed by atoms with van der Waals surface area (Å²) in [4.78, 5) is 31.2. The van der Waals surface area contributed by atoms with E-state index in [0.29, 0.717) is 18.6 Å². The van der Waals surface area contributed by atoms with Gasteiger partial charge >= 0.3 is 24.5 Å². The molecule has 0 aromatic heterocycles. The highest BCUT2D eigenvalue weighted by Gasteiger charge is 2.71. The van der Waals surface area contributed by atoms with Crippen LogP contribution < -0.4 is 0 Å². The fourth-order valence-electron chi connectivity index (χ4n) is 5.71. The number of halogens is 6. The molecule has 2 fully saturated rings. The molecule has 1 aliphatic carbocycles. The number of likely N-dealkylation sites (tertiary alicyclic amines) is 1. The van der Waals surface area contributed by atoms with Gasteiger partial charge in [-0.1, -0.05) is 30.3 Å². The summed E-state index contributed by atoms with van der Waals surface area (Å²) in [6, 6.07) is 8.05. The second kappa shape index (κ2) is 10.1. The summed E-state index contributed by atoms with van der Waals surface area (Å²) in [7, 11) is 2.96. The number of hydrogen-bond acceptors (Lipinski definition) is 3. The lowest BCUT2D eigenvalue weighted by Crippen LogP contribution is -2.50. The molecule has 1 saturated carbocycles. The van der Waals surface area contributed by atoms with Crippen LogP contribution in [0.4, 0.5) is 35.9 Å². The maximum atomic E-state index is 13.9. The zero-order chi connectivity index (χ0) is 30.7. The molecule has 0 spiro atoms. The molecule has 4 rings (SSSR count). The Balaban J connectivity index is 1.68. The Morgan fingerprint density at radius 1 is 0.951 bits per heavy atom. The van der Waals surface area contributed by atoms with Gasteiger partial charge in [0.25, 0.3) is 0 Å². The number of urea groups is 1. The van der Waals surface area contributed by atoms with Crippen LogP contribution in [0.15, 0.2) is 48.5 Å². The Bertz CT molecular complexity index is 1280. The predicted molar refractivity (Wildman–Crippen MR) is 139 cm³/mol. The van der Waals surface area contributed by atoms with Gasteiger partial charge in [0, 0.05) is 26.6 Å². The average Bonchev–Trinajstić information content (AvgIpc) is 3.49. The molecule has 2 aliphatic rings. The van der Waals surface area contributed by atoms with Crippen LogP contribution in [0.1, 0.15) is 68.5 Å². The third kappa shape index (κ3) is 5.83.